The molecule has 0 radical (unpaired) electrons. The second-order valence-electron chi connectivity index (χ2n) is 5.19. The molecule has 1 aromatic heterocycles. The van der Waals surface area contributed by atoms with Gasteiger partial charge in [-0.25, -0.2) is 4.98 Å². The molecule has 0 amide bonds. The van der Waals surface area contributed by atoms with Gasteiger partial charge in [-0.1, -0.05) is 6.07 Å². The SMILES string of the molecule is COc1ccc(C2C(CN)OCCN2C2CC2)cn1. The molecule has 1 aliphatic carbocycles. The quantitative estimate of drug-likeness (QED) is 0.876. The lowest BCUT2D eigenvalue weighted by Crippen LogP contribution is -2.49. The van der Waals surface area contributed by atoms with Gasteiger partial charge in [0.25, 0.3) is 0 Å². The molecular weight excluding hydrogens is 242 g/mol. The van der Waals surface area contributed by atoms with Gasteiger partial charge in [0, 0.05) is 31.4 Å². The van der Waals surface area contributed by atoms with Crippen molar-refractivity contribution in [3.8, 4) is 5.88 Å². The minimum absolute atomic E-state index is 0.0598. The van der Waals surface area contributed by atoms with Gasteiger partial charge in [-0.05, 0) is 18.4 Å². The van der Waals surface area contributed by atoms with E-state index in [0.29, 0.717) is 18.5 Å². The number of hydrogen-bond acceptors (Lipinski definition) is 5. The Bertz CT molecular complexity index is 419. The second-order valence-corrected chi connectivity index (χ2v) is 5.19. The van der Waals surface area contributed by atoms with Crippen LogP contribution in [-0.2, 0) is 4.74 Å². The molecule has 1 saturated carbocycles. The van der Waals surface area contributed by atoms with Crippen LogP contribution in [0.25, 0.3) is 0 Å². The van der Waals surface area contributed by atoms with Crippen LogP contribution in [0.3, 0.4) is 0 Å². The normalized spacial score (nSPS) is 28.3. The van der Waals surface area contributed by atoms with Crippen molar-refractivity contribution < 1.29 is 9.47 Å². The molecule has 2 atom stereocenters. The van der Waals surface area contributed by atoms with Crippen molar-refractivity contribution in [1.82, 2.24) is 9.88 Å². The van der Waals surface area contributed by atoms with Crippen LogP contribution in [0.2, 0.25) is 0 Å². The third-order valence-electron chi connectivity index (χ3n) is 3.95. The molecule has 104 valence electrons. The number of rotatable bonds is 4. The highest BCUT2D eigenvalue weighted by atomic mass is 16.5. The molecule has 1 saturated heterocycles. The summed E-state index contributed by atoms with van der Waals surface area (Å²) in [6.45, 7) is 2.30. The van der Waals surface area contributed by atoms with Crippen LogP contribution < -0.4 is 10.5 Å². The van der Waals surface area contributed by atoms with Gasteiger partial charge in [-0.15, -0.1) is 0 Å². The minimum Gasteiger partial charge on any atom is -0.481 e. The lowest BCUT2D eigenvalue weighted by atomic mass is 9.99. The fourth-order valence-corrected chi connectivity index (χ4v) is 2.86. The fraction of sp³-hybridized carbons (Fsp3) is 0.643. The summed E-state index contributed by atoms with van der Waals surface area (Å²) in [6.07, 6.45) is 4.52. The molecule has 2 heterocycles. The van der Waals surface area contributed by atoms with Crippen molar-refractivity contribution in [3.63, 3.8) is 0 Å². The molecule has 1 aromatic rings. The minimum atomic E-state index is 0.0598. The lowest BCUT2D eigenvalue weighted by molar-refractivity contribution is -0.0713. The number of aromatic nitrogens is 1. The summed E-state index contributed by atoms with van der Waals surface area (Å²) in [5.74, 6) is 0.641. The average Bonchev–Trinajstić information content (AvgIpc) is 3.31. The Balaban J connectivity index is 1.86. The first-order chi connectivity index (χ1) is 9.33. The van der Waals surface area contributed by atoms with E-state index in [1.54, 1.807) is 7.11 Å². The number of nitrogens with zero attached hydrogens (tertiary/aromatic N) is 2. The highest BCUT2D eigenvalue weighted by Crippen LogP contribution is 2.38. The van der Waals surface area contributed by atoms with Crippen LogP contribution in [0.5, 0.6) is 5.88 Å². The molecule has 0 spiro atoms. The molecule has 0 aromatic carbocycles. The highest BCUT2D eigenvalue weighted by molar-refractivity contribution is 5.23. The maximum absolute atomic E-state index is 5.87. The van der Waals surface area contributed by atoms with Crippen molar-refractivity contribution in [2.75, 3.05) is 26.8 Å². The number of ether oxygens (including phenoxy) is 2. The van der Waals surface area contributed by atoms with E-state index in [1.165, 1.54) is 18.4 Å². The molecule has 1 aliphatic heterocycles. The maximum atomic E-state index is 5.87. The molecular formula is C14H21N3O2. The Morgan fingerprint density at radius 1 is 1.47 bits per heavy atom. The Kier molecular flexibility index (Phi) is 3.68. The van der Waals surface area contributed by atoms with Crippen molar-refractivity contribution >= 4 is 0 Å². The van der Waals surface area contributed by atoms with Gasteiger partial charge in [-0.2, -0.15) is 0 Å². The van der Waals surface area contributed by atoms with Gasteiger partial charge in [-0.3, -0.25) is 4.90 Å². The number of morpholine rings is 1. The van der Waals surface area contributed by atoms with E-state index >= 15 is 0 Å². The Hall–Kier alpha value is -1.17. The average molecular weight is 263 g/mol. The Labute approximate surface area is 113 Å². The zero-order valence-corrected chi connectivity index (χ0v) is 11.3. The van der Waals surface area contributed by atoms with E-state index < -0.39 is 0 Å². The van der Waals surface area contributed by atoms with Gasteiger partial charge in [0.15, 0.2) is 0 Å². The van der Waals surface area contributed by atoms with E-state index in [1.807, 2.05) is 12.3 Å². The first-order valence-corrected chi connectivity index (χ1v) is 6.91. The Morgan fingerprint density at radius 3 is 2.89 bits per heavy atom. The highest BCUT2D eigenvalue weighted by Gasteiger charge is 2.40. The molecule has 2 unspecified atom stereocenters. The molecule has 0 bridgehead atoms. The van der Waals surface area contributed by atoms with Crippen molar-refractivity contribution in [3.05, 3.63) is 23.9 Å². The van der Waals surface area contributed by atoms with Crippen LogP contribution in [0.1, 0.15) is 24.4 Å². The van der Waals surface area contributed by atoms with Crippen LogP contribution in [0.4, 0.5) is 0 Å². The predicted molar refractivity (Wildman–Crippen MR) is 72.1 cm³/mol. The van der Waals surface area contributed by atoms with E-state index in [0.717, 1.165) is 13.2 Å². The monoisotopic (exact) mass is 263 g/mol. The van der Waals surface area contributed by atoms with Gasteiger partial charge in [0.2, 0.25) is 5.88 Å². The van der Waals surface area contributed by atoms with Crippen molar-refractivity contribution in [1.29, 1.82) is 0 Å². The summed E-state index contributed by atoms with van der Waals surface area (Å²) in [7, 11) is 1.63. The molecule has 2 fully saturated rings. The van der Waals surface area contributed by atoms with Crippen molar-refractivity contribution in [2.24, 2.45) is 5.73 Å². The second kappa shape index (κ2) is 5.45. The fourth-order valence-electron chi connectivity index (χ4n) is 2.86. The molecule has 19 heavy (non-hydrogen) atoms. The molecule has 2 aliphatic rings. The summed E-state index contributed by atoms with van der Waals surface area (Å²) < 4.78 is 10.9. The summed E-state index contributed by atoms with van der Waals surface area (Å²) in [6, 6.07) is 4.90. The van der Waals surface area contributed by atoms with Gasteiger partial charge < -0.3 is 15.2 Å². The zero-order valence-electron chi connectivity index (χ0n) is 11.3. The van der Waals surface area contributed by atoms with Crippen LogP contribution in [0.15, 0.2) is 18.3 Å². The number of pyridine rings is 1. The molecule has 5 nitrogen and oxygen atoms in total. The number of methoxy groups -OCH3 is 1. The third-order valence-corrected chi connectivity index (χ3v) is 3.95. The topological polar surface area (TPSA) is 60.6 Å². The summed E-state index contributed by atoms with van der Waals surface area (Å²) in [4.78, 5) is 6.84. The Morgan fingerprint density at radius 2 is 2.32 bits per heavy atom. The van der Waals surface area contributed by atoms with Gasteiger partial charge >= 0.3 is 0 Å². The zero-order chi connectivity index (χ0) is 13.2. The largest absolute Gasteiger partial charge is 0.481 e. The summed E-state index contributed by atoms with van der Waals surface area (Å²) in [5, 5.41) is 0. The van der Waals surface area contributed by atoms with E-state index in [9.17, 15) is 0 Å². The van der Waals surface area contributed by atoms with Gasteiger partial charge in [0.05, 0.1) is 25.9 Å². The first kappa shape index (κ1) is 12.8. The number of hydrogen-bond donors (Lipinski definition) is 1. The number of nitrogens with two attached hydrogens (primary N) is 1. The summed E-state index contributed by atoms with van der Waals surface area (Å²) in [5.41, 5.74) is 7.04. The van der Waals surface area contributed by atoms with E-state index in [-0.39, 0.29) is 12.1 Å². The lowest BCUT2D eigenvalue weighted by Gasteiger charge is -2.41. The van der Waals surface area contributed by atoms with Gasteiger partial charge in [0.1, 0.15) is 0 Å². The smallest absolute Gasteiger partial charge is 0.212 e. The van der Waals surface area contributed by atoms with Crippen molar-refractivity contribution in [2.45, 2.75) is 31.0 Å². The van der Waals surface area contributed by atoms with Crippen LogP contribution >= 0.6 is 0 Å². The van der Waals surface area contributed by atoms with Crippen LogP contribution in [0, 0.1) is 0 Å². The standard InChI is InChI=1S/C14H21N3O2/c1-18-13-5-2-10(9-16-13)14-12(8-15)19-7-6-17(14)11-3-4-11/h2,5,9,11-12,14H,3-4,6-8,15H2,1H3. The predicted octanol–water partition coefficient (Wildman–Crippen LogP) is 0.953. The van der Waals surface area contributed by atoms with E-state index in [2.05, 4.69) is 16.0 Å². The van der Waals surface area contributed by atoms with E-state index in [4.69, 9.17) is 15.2 Å². The molecule has 2 N–H and O–H groups in total. The third kappa shape index (κ3) is 2.59. The first-order valence-electron chi connectivity index (χ1n) is 6.91. The molecule has 3 rings (SSSR count). The molecule has 5 heteroatoms. The van der Waals surface area contributed by atoms with Crippen LogP contribution in [-0.4, -0.2) is 48.8 Å². The summed E-state index contributed by atoms with van der Waals surface area (Å²) >= 11 is 0. The maximum Gasteiger partial charge on any atom is 0.212 e.